The van der Waals surface area contributed by atoms with Gasteiger partial charge in [0.25, 0.3) is 0 Å². The number of rotatable bonds is 7. The van der Waals surface area contributed by atoms with Crippen molar-refractivity contribution in [3.63, 3.8) is 0 Å². The standard InChI is InChI=1S/C12H16F2N2O3/c1-2-18-10-5-7(8(15)6-11(16)17)3-4-9(10)19-12(13)14/h3-5,8,12H,2,6,15H2,1H3,(H2,16,17)/t8-/m0/s1. The number of carbonyl (C=O) groups excluding carboxylic acids is 1. The molecule has 1 amide bonds. The zero-order chi connectivity index (χ0) is 14.4. The van der Waals surface area contributed by atoms with Crippen molar-refractivity contribution in [3.05, 3.63) is 23.8 Å². The molecule has 0 radical (unpaired) electrons. The first-order valence-electron chi connectivity index (χ1n) is 5.69. The number of benzene rings is 1. The van der Waals surface area contributed by atoms with Gasteiger partial charge in [-0.25, -0.2) is 0 Å². The molecule has 0 aliphatic carbocycles. The average molecular weight is 274 g/mol. The molecule has 7 heteroatoms. The summed E-state index contributed by atoms with van der Waals surface area (Å²) in [6.45, 7) is -0.944. The summed E-state index contributed by atoms with van der Waals surface area (Å²) in [7, 11) is 0. The molecule has 0 bridgehead atoms. The van der Waals surface area contributed by atoms with E-state index in [1.54, 1.807) is 6.92 Å². The number of amides is 1. The van der Waals surface area contributed by atoms with Gasteiger partial charge in [0.15, 0.2) is 11.5 Å². The number of hydrogen-bond donors (Lipinski definition) is 2. The molecule has 4 N–H and O–H groups in total. The SMILES string of the molecule is CCOc1cc([C@@H](N)CC(N)=O)ccc1OC(F)F. The Morgan fingerprint density at radius 2 is 2.05 bits per heavy atom. The Morgan fingerprint density at radius 3 is 2.58 bits per heavy atom. The lowest BCUT2D eigenvalue weighted by molar-refractivity contribution is -0.118. The number of ether oxygens (including phenoxy) is 2. The fourth-order valence-electron chi connectivity index (χ4n) is 1.55. The van der Waals surface area contributed by atoms with Crippen LogP contribution < -0.4 is 20.9 Å². The molecule has 0 unspecified atom stereocenters. The summed E-state index contributed by atoms with van der Waals surface area (Å²) in [6.07, 6.45) is -0.0411. The molecule has 1 aromatic rings. The predicted molar refractivity (Wildman–Crippen MR) is 65.0 cm³/mol. The molecule has 0 aliphatic rings. The normalized spacial score (nSPS) is 12.3. The minimum absolute atomic E-state index is 0.0411. The summed E-state index contributed by atoms with van der Waals surface area (Å²) in [4.78, 5) is 10.8. The second-order valence-corrected chi connectivity index (χ2v) is 3.79. The van der Waals surface area contributed by atoms with Gasteiger partial charge in [0.1, 0.15) is 0 Å². The molecule has 0 saturated heterocycles. The zero-order valence-electron chi connectivity index (χ0n) is 10.4. The van der Waals surface area contributed by atoms with Crippen LogP contribution in [0, 0.1) is 0 Å². The van der Waals surface area contributed by atoms with Crippen molar-refractivity contribution in [1.82, 2.24) is 0 Å². The first-order chi connectivity index (χ1) is 8.93. The first-order valence-corrected chi connectivity index (χ1v) is 5.69. The van der Waals surface area contributed by atoms with E-state index in [0.29, 0.717) is 5.56 Å². The van der Waals surface area contributed by atoms with Gasteiger partial charge in [-0.3, -0.25) is 4.79 Å². The minimum atomic E-state index is -2.94. The predicted octanol–water partition coefficient (Wildman–Crippen LogP) is 1.56. The maximum absolute atomic E-state index is 12.2. The summed E-state index contributed by atoms with van der Waals surface area (Å²) in [5.74, 6) is -0.467. The Balaban J connectivity index is 2.97. The second-order valence-electron chi connectivity index (χ2n) is 3.79. The zero-order valence-corrected chi connectivity index (χ0v) is 10.4. The first kappa shape index (κ1) is 15.2. The third-order valence-electron chi connectivity index (χ3n) is 2.33. The summed E-state index contributed by atoms with van der Waals surface area (Å²) in [5, 5.41) is 0. The van der Waals surface area contributed by atoms with Crippen molar-refractivity contribution in [3.8, 4) is 11.5 Å². The number of hydrogen-bond acceptors (Lipinski definition) is 4. The van der Waals surface area contributed by atoms with Crippen LogP contribution in [0.3, 0.4) is 0 Å². The molecule has 0 saturated carbocycles. The van der Waals surface area contributed by atoms with Crippen LogP contribution in [0.15, 0.2) is 18.2 Å². The number of nitrogens with two attached hydrogens (primary N) is 2. The van der Waals surface area contributed by atoms with Crippen LogP contribution in [0.5, 0.6) is 11.5 Å². The van der Waals surface area contributed by atoms with E-state index in [1.165, 1.54) is 18.2 Å². The van der Waals surface area contributed by atoms with Gasteiger partial charge in [0, 0.05) is 12.5 Å². The average Bonchev–Trinajstić information content (AvgIpc) is 2.30. The van der Waals surface area contributed by atoms with Crippen LogP contribution >= 0.6 is 0 Å². The Labute approximate surface area is 109 Å². The van der Waals surface area contributed by atoms with Crippen molar-refractivity contribution in [2.24, 2.45) is 11.5 Å². The van der Waals surface area contributed by atoms with Gasteiger partial charge in [0.2, 0.25) is 5.91 Å². The van der Waals surface area contributed by atoms with E-state index >= 15 is 0 Å². The third kappa shape index (κ3) is 4.70. The molecule has 1 atom stereocenters. The molecule has 1 aromatic carbocycles. The van der Waals surface area contributed by atoms with Crippen LogP contribution in [-0.2, 0) is 4.79 Å². The molecule has 0 fully saturated rings. The summed E-state index contributed by atoms with van der Waals surface area (Å²) < 4.78 is 33.9. The van der Waals surface area contributed by atoms with E-state index in [1.807, 2.05) is 0 Å². The Bertz CT molecular complexity index is 441. The Hall–Kier alpha value is -1.89. The molecular formula is C12H16F2N2O3. The molecule has 5 nitrogen and oxygen atoms in total. The second kappa shape index (κ2) is 6.89. The largest absolute Gasteiger partial charge is 0.490 e. The van der Waals surface area contributed by atoms with Crippen LogP contribution in [0.4, 0.5) is 8.78 Å². The minimum Gasteiger partial charge on any atom is -0.490 e. The van der Waals surface area contributed by atoms with Gasteiger partial charge in [-0.05, 0) is 24.6 Å². The lowest BCUT2D eigenvalue weighted by Gasteiger charge is -2.15. The molecule has 19 heavy (non-hydrogen) atoms. The van der Waals surface area contributed by atoms with E-state index in [-0.39, 0.29) is 24.5 Å². The molecule has 106 valence electrons. The number of carbonyl (C=O) groups is 1. The quantitative estimate of drug-likeness (QED) is 0.789. The maximum Gasteiger partial charge on any atom is 0.387 e. The van der Waals surface area contributed by atoms with E-state index in [4.69, 9.17) is 16.2 Å². The Kier molecular flexibility index (Phi) is 5.50. The number of primary amides is 1. The van der Waals surface area contributed by atoms with E-state index < -0.39 is 18.6 Å². The molecule has 1 rings (SSSR count). The van der Waals surface area contributed by atoms with Gasteiger partial charge in [-0.15, -0.1) is 0 Å². The van der Waals surface area contributed by atoms with E-state index in [2.05, 4.69) is 4.74 Å². The Morgan fingerprint density at radius 1 is 1.37 bits per heavy atom. The highest BCUT2D eigenvalue weighted by Gasteiger charge is 2.15. The van der Waals surface area contributed by atoms with Gasteiger partial charge < -0.3 is 20.9 Å². The van der Waals surface area contributed by atoms with Crippen LogP contribution in [0.25, 0.3) is 0 Å². The highest BCUT2D eigenvalue weighted by molar-refractivity contribution is 5.74. The van der Waals surface area contributed by atoms with Crippen LogP contribution in [0.2, 0.25) is 0 Å². The molecule has 0 spiro atoms. The van der Waals surface area contributed by atoms with Crippen LogP contribution in [-0.4, -0.2) is 19.1 Å². The van der Waals surface area contributed by atoms with Gasteiger partial charge in [-0.1, -0.05) is 6.07 Å². The maximum atomic E-state index is 12.2. The van der Waals surface area contributed by atoms with Gasteiger partial charge >= 0.3 is 6.61 Å². The summed E-state index contributed by atoms with van der Waals surface area (Å²) in [6, 6.07) is 3.67. The molecule has 0 heterocycles. The fraction of sp³-hybridized carbons (Fsp3) is 0.417. The summed E-state index contributed by atoms with van der Waals surface area (Å²) >= 11 is 0. The fourth-order valence-corrected chi connectivity index (χ4v) is 1.55. The van der Waals surface area contributed by atoms with Crippen molar-refractivity contribution in [1.29, 1.82) is 0 Å². The number of alkyl halides is 2. The van der Waals surface area contributed by atoms with Gasteiger partial charge in [-0.2, -0.15) is 8.78 Å². The van der Waals surface area contributed by atoms with E-state index in [0.717, 1.165) is 0 Å². The van der Waals surface area contributed by atoms with Crippen LogP contribution in [0.1, 0.15) is 24.9 Å². The number of halogens is 2. The third-order valence-corrected chi connectivity index (χ3v) is 2.33. The van der Waals surface area contributed by atoms with Crippen molar-refractivity contribution >= 4 is 5.91 Å². The highest BCUT2D eigenvalue weighted by Crippen LogP contribution is 2.31. The lowest BCUT2D eigenvalue weighted by Crippen LogP contribution is -2.20. The monoisotopic (exact) mass is 274 g/mol. The van der Waals surface area contributed by atoms with E-state index in [9.17, 15) is 13.6 Å². The topological polar surface area (TPSA) is 87.6 Å². The lowest BCUT2D eigenvalue weighted by atomic mass is 10.0. The van der Waals surface area contributed by atoms with Crippen molar-refractivity contribution in [2.45, 2.75) is 26.0 Å². The summed E-state index contributed by atoms with van der Waals surface area (Å²) in [5.41, 5.74) is 11.4. The smallest absolute Gasteiger partial charge is 0.387 e. The molecular weight excluding hydrogens is 258 g/mol. The van der Waals surface area contributed by atoms with Crippen molar-refractivity contribution < 1.29 is 23.0 Å². The van der Waals surface area contributed by atoms with Gasteiger partial charge in [0.05, 0.1) is 6.61 Å². The van der Waals surface area contributed by atoms with Crippen molar-refractivity contribution in [2.75, 3.05) is 6.61 Å². The molecule has 0 aromatic heterocycles. The highest BCUT2D eigenvalue weighted by atomic mass is 19.3. The molecule has 0 aliphatic heterocycles.